The number of carbonyl (C=O) groups is 2. The van der Waals surface area contributed by atoms with Gasteiger partial charge in [0.2, 0.25) is 0 Å². The number of H-pyrrole nitrogens is 1. The van der Waals surface area contributed by atoms with Gasteiger partial charge in [0.25, 0.3) is 0 Å². The maximum Gasteiger partial charge on any atom is 0.330 e. The minimum absolute atomic E-state index is 0.0534. The van der Waals surface area contributed by atoms with E-state index in [4.69, 9.17) is 0 Å². The van der Waals surface area contributed by atoms with Crippen molar-refractivity contribution >= 4 is 22.7 Å². The van der Waals surface area contributed by atoms with Gasteiger partial charge in [-0.3, -0.25) is 10.1 Å². The van der Waals surface area contributed by atoms with Crippen molar-refractivity contribution in [3.8, 4) is 0 Å². The summed E-state index contributed by atoms with van der Waals surface area (Å²) in [6, 6.07) is 7.75. The topological polar surface area (TPSA) is 82.2 Å². The zero-order valence-corrected chi connectivity index (χ0v) is 11.2. The second kappa shape index (κ2) is 4.45. The number of aromatic amines is 1. The fourth-order valence-electron chi connectivity index (χ4n) is 3.10. The third-order valence-electron chi connectivity index (χ3n) is 3.92. The van der Waals surface area contributed by atoms with Crippen molar-refractivity contribution in [1.82, 2.24) is 10.3 Å². The molecule has 3 N–H and O–H groups in total. The maximum absolute atomic E-state index is 11.8. The Labute approximate surface area is 116 Å². The zero-order chi connectivity index (χ0) is 14.3. The van der Waals surface area contributed by atoms with Gasteiger partial charge in [0.1, 0.15) is 5.78 Å². The normalized spacial score (nSPS) is 21.6. The predicted molar refractivity (Wildman–Crippen MR) is 74.6 cm³/mol. The number of nitrogens with one attached hydrogen (secondary N) is 2. The molecule has 20 heavy (non-hydrogen) atoms. The largest absolute Gasteiger partial charge is 0.480 e. The van der Waals surface area contributed by atoms with E-state index < -0.39 is 11.5 Å². The standard InChI is InChI=1S/C15H16N2O3/c1-9(18)8-15(14(19)20)13-11(6-7-16-15)10-4-2-3-5-12(10)17-13/h2-5,16-17H,6-8H2,1H3,(H,19,20). The van der Waals surface area contributed by atoms with Crippen LogP contribution in [-0.4, -0.2) is 28.4 Å². The van der Waals surface area contributed by atoms with Crippen LogP contribution in [0.3, 0.4) is 0 Å². The second-order valence-electron chi connectivity index (χ2n) is 5.29. The van der Waals surface area contributed by atoms with Crippen LogP contribution >= 0.6 is 0 Å². The maximum atomic E-state index is 11.8. The Morgan fingerprint density at radius 2 is 2.10 bits per heavy atom. The minimum atomic E-state index is -1.33. The van der Waals surface area contributed by atoms with Crippen molar-refractivity contribution in [2.75, 3.05) is 6.54 Å². The molecular formula is C15H16N2O3. The summed E-state index contributed by atoms with van der Waals surface area (Å²) >= 11 is 0. The van der Waals surface area contributed by atoms with Gasteiger partial charge in [-0.1, -0.05) is 18.2 Å². The van der Waals surface area contributed by atoms with E-state index in [-0.39, 0.29) is 12.2 Å². The Bertz CT molecular complexity index is 704. The lowest BCUT2D eigenvalue weighted by Gasteiger charge is -2.34. The molecule has 2 aromatic rings. The molecule has 1 atom stereocenters. The number of fused-ring (bicyclic) bond motifs is 3. The molecule has 0 fully saturated rings. The lowest BCUT2D eigenvalue weighted by atomic mass is 9.83. The van der Waals surface area contributed by atoms with Crippen molar-refractivity contribution in [3.05, 3.63) is 35.5 Å². The van der Waals surface area contributed by atoms with Crippen LogP contribution in [0.5, 0.6) is 0 Å². The molecule has 1 aromatic carbocycles. The Morgan fingerprint density at radius 1 is 1.35 bits per heavy atom. The second-order valence-corrected chi connectivity index (χ2v) is 5.29. The number of ketones is 1. The summed E-state index contributed by atoms with van der Waals surface area (Å²) in [5.74, 6) is -1.16. The molecule has 0 bridgehead atoms. The van der Waals surface area contributed by atoms with Crippen LogP contribution in [-0.2, 0) is 21.5 Å². The number of Topliss-reactive ketones (excluding diaryl/α,β-unsaturated/α-hetero) is 1. The number of aliphatic carboxylic acids is 1. The van der Waals surface area contributed by atoms with Crippen molar-refractivity contribution in [1.29, 1.82) is 0 Å². The first-order chi connectivity index (χ1) is 9.54. The van der Waals surface area contributed by atoms with E-state index in [2.05, 4.69) is 10.3 Å². The Balaban J connectivity index is 2.26. The SMILES string of the molecule is CC(=O)CC1(C(=O)O)NCCc2c1[nH]c1ccccc21. The van der Waals surface area contributed by atoms with Gasteiger partial charge in [-0.05, 0) is 25.0 Å². The number of hydrogen-bond acceptors (Lipinski definition) is 3. The summed E-state index contributed by atoms with van der Waals surface area (Å²) in [4.78, 5) is 26.5. The molecule has 104 valence electrons. The molecular weight excluding hydrogens is 256 g/mol. The molecule has 2 heterocycles. The van der Waals surface area contributed by atoms with E-state index in [1.165, 1.54) is 6.92 Å². The average Bonchev–Trinajstić information content (AvgIpc) is 2.78. The third-order valence-corrected chi connectivity index (χ3v) is 3.92. The Hall–Kier alpha value is -2.14. The molecule has 1 unspecified atom stereocenters. The van der Waals surface area contributed by atoms with Gasteiger partial charge in [-0.15, -0.1) is 0 Å². The summed E-state index contributed by atoms with van der Waals surface area (Å²) in [6.07, 6.45) is 0.703. The van der Waals surface area contributed by atoms with Crippen molar-refractivity contribution in [3.63, 3.8) is 0 Å². The highest BCUT2D eigenvalue weighted by Gasteiger charge is 2.46. The molecule has 1 aliphatic heterocycles. The molecule has 0 amide bonds. The quantitative estimate of drug-likeness (QED) is 0.792. The summed E-state index contributed by atoms with van der Waals surface area (Å²) in [7, 11) is 0. The number of hydrogen-bond donors (Lipinski definition) is 3. The number of aromatic nitrogens is 1. The van der Waals surface area contributed by atoms with E-state index in [9.17, 15) is 14.7 Å². The Morgan fingerprint density at radius 3 is 2.80 bits per heavy atom. The van der Waals surface area contributed by atoms with Gasteiger partial charge in [-0.25, -0.2) is 4.79 Å². The summed E-state index contributed by atoms with van der Waals surface area (Å²) in [5.41, 5.74) is 1.20. The van der Waals surface area contributed by atoms with Crippen LogP contribution in [0.25, 0.3) is 10.9 Å². The third kappa shape index (κ3) is 1.74. The zero-order valence-electron chi connectivity index (χ0n) is 11.2. The summed E-state index contributed by atoms with van der Waals surface area (Å²) < 4.78 is 0. The van der Waals surface area contributed by atoms with E-state index in [1.54, 1.807) is 0 Å². The summed E-state index contributed by atoms with van der Waals surface area (Å²) in [6.45, 7) is 1.97. The van der Waals surface area contributed by atoms with Crippen LogP contribution in [0.1, 0.15) is 24.6 Å². The van der Waals surface area contributed by atoms with Crippen LogP contribution in [0.2, 0.25) is 0 Å². The lowest BCUT2D eigenvalue weighted by Crippen LogP contribution is -2.54. The minimum Gasteiger partial charge on any atom is -0.480 e. The number of para-hydroxylation sites is 1. The average molecular weight is 272 g/mol. The first kappa shape index (κ1) is 12.9. The van der Waals surface area contributed by atoms with Crippen molar-refractivity contribution < 1.29 is 14.7 Å². The highest BCUT2D eigenvalue weighted by Crippen LogP contribution is 2.36. The molecule has 0 radical (unpaired) electrons. The smallest absolute Gasteiger partial charge is 0.330 e. The molecule has 3 rings (SSSR count). The van der Waals surface area contributed by atoms with Gasteiger partial charge < -0.3 is 10.1 Å². The molecule has 0 saturated heterocycles. The van der Waals surface area contributed by atoms with Gasteiger partial charge in [0.05, 0.1) is 5.69 Å². The molecule has 0 saturated carbocycles. The number of carboxylic acid groups (broad SMARTS) is 1. The molecule has 1 aliphatic rings. The van der Waals surface area contributed by atoms with Crippen molar-refractivity contribution in [2.45, 2.75) is 25.3 Å². The van der Waals surface area contributed by atoms with Gasteiger partial charge in [0.15, 0.2) is 5.54 Å². The summed E-state index contributed by atoms with van der Waals surface area (Å²) in [5, 5.41) is 13.7. The van der Waals surface area contributed by atoms with E-state index in [0.29, 0.717) is 12.2 Å². The van der Waals surface area contributed by atoms with Crippen LogP contribution in [0, 0.1) is 0 Å². The number of carboxylic acids is 1. The van der Waals surface area contributed by atoms with Gasteiger partial charge >= 0.3 is 5.97 Å². The number of carbonyl (C=O) groups excluding carboxylic acids is 1. The predicted octanol–water partition coefficient (Wildman–Crippen LogP) is 1.57. The highest BCUT2D eigenvalue weighted by molar-refractivity contribution is 5.93. The molecule has 5 nitrogen and oxygen atoms in total. The number of rotatable bonds is 3. The van der Waals surface area contributed by atoms with E-state index in [0.717, 1.165) is 22.9 Å². The van der Waals surface area contributed by atoms with Crippen LogP contribution < -0.4 is 5.32 Å². The lowest BCUT2D eigenvalue weighted by molar-refractivity contribution is -0.148. The van der Waals surface area contributed by atoms with Crippen LogP contribution in [0.15, 0.2) is 24.3 Å². The van der Waals surface area contributed by atoms with Crippen molar-refractivity contribution in [2.24, 2.45) is 0 Å². The first-order valence-corrected chi connectivity index (χ1v) is 6.62. The van der Waals surface area contributed by atoms with Crippen LogP contribution in [0.4, 0.5) is 0 Å². The Kier molecular flexibility index (Phi) is 2.87. The monoisotopic (exact) mass is 272 g/mol. The molecule has 0 aliphatic carbocycles. The molecule has 0 spiro atoms. The molecule has 1 aromatic heterocycles. The highest BCUT2D eigenvalue weighted by atomic mass is 16.4. The first-order valence-electron chi connectivity index (χ1n) is 6.62. The fraction of sp³-hybridized carbons (Fsp3) is 0.333. The van der Waals surface area contributed by atoms with Gasteiger partial charge in [0, 0.05) is 23.9 Å². The molecule has 5 heteroatoms. The van der Waals surface area contributed by atoms with Gasteiger partial charge in [-0.2, -0.15) is 0 Å². The van der Waals surface area contributed by atoms with E-state index >= 15 is 0 Å². The fourth-order valence-corrected chi connectivity index (χ4v) is 3.10. The number of benzene rings is 1. The van der Waals surface area contributed by atoms with E-state index in [1.807, 2.05) is 24.3 Å².